The predicted octanol–water partition coefficient (Wildman–Crippen LogP) is 4.58. The minimum Gasteiger partial charge on any atom is -0.369 e. The molecule has 40 heavy (non-hydrogen) atoms. The quantitative estimate of drug-likeness (QED) is 0.237. The number of benzene rings is 2. The lowest BCUT2D eigenvalue weighted by molar-refractivity contribution is 0.104. The van der Waals surface area contributed by atoms with E-state index in [1.165, 1.54) is 30.0 Å². The predicted molar refractivity (Wildman–Crippen MR) is 159 cm³/mol. The van der Waals surface area contributed by atoms with Crippen LogP contribution in [0.5, 0.6) is 0 Å². The van der Waals surface area contributed by atoms with Crippen LogP contribution in [0.15, 0.2) is 54.7 Å². The molecule has 0 aliphatic carbocycles. The highest BCUT2D eigenvalue weighted by molar-refractivity contribution is 6.18. The molecule has 210 valence electrons. The van der Waals surface area contributed by atoms with Crippen LogP contribution in [0.3, 0.4) is 0 Å². The van der Waals surface area contributed by atoms with E-state index >= 15 is 0 Å². The lowest BCUT2D eigenvalue weighted by Crippen LogP contribution is -2.44. The summed E-state index contributed by atoms with van der Waals surface area (Å²) in [6, 6.07) is 13.9. The van der Waals surface area contributed by atoms with Crippen LogP contribution in [0, 0.1) is 5.82 Å². The first-order chi connectivity index (χ1) is 19.4. The summed E-state index contributed by atoms with van der Waals surface area (Å²) in [4.78, 5) is 33.0. The molecular weight excluding hydrogens is 507 g/mol. The fourth-order valence-corrected chi connectivity index (χ4v) is 4.97. The number of aromatic nitrogens is 3. The van der Waals surface area contributed by atoms with E-state index in [9.17, 15) is 9.18 Å². The molecule has 0 bridgehead atoms. The van der Waals surface area contributed by atoms with Crippen molar-refractivity contribution in [1.29, 1.82) is 0 Å². The van der Waals surface area contributed by atoms with Crippen LogP contribution in [0.4, 0.5) is 27.5 Å². The van der Waals surface area contributed by atoms with Crippen molar-refractivity contribution in [2.24, 2.45) is 0 Å². The van der Waals surface area contributed by atoms with Crippen molar-refractivity contribution >= 4 is 40.0 Å². The Kier molecular flexibility index (Phi) is 8.57. The van der Waals surface area contributed by atoms with Crippen molar-refractivity contribution in [3.05, 3.63) is 71.7 Å². The van der Waals surface area contributed by atoms with Gasteiger partial charge in [0.2, 0.25) is 5.95 Å². The SMILES string of the molecule is CCN(CC)CCNc1nc(Nc2ccc(N3CCN(C)CC3)cc2)nc2[nH]cc(C(=O)c3ccc(F)cc3)c12. The van der Waals surface area contributed by atoms with Crippen molar-refractivity contribution in [3.63, 3.8) is 0 Å². The van der Waals surface area contributed by atoms with Crippen LogP contribution in [0.1, 0.15) is 29.8 Å². The Hall–Kier alpha value is -4.02. The number of carbonyl (C=O) groups is 1. The lowest BCUT2D eigenvalue weighted by atomic mass is 10.0. The third-order valence-electron chi connectivity index (χ3n) is 7.49. The van der Waals surface area contributed by atoms with Crippen LogP contribution in [0.2, 0.25) is 0 Å². The zero-order valence-electron chi connectivity index (χ0n) is 23.4. The van der Waals surface area contributed by atoms with Gasteiger partial charge in [0.25, 0.3) is 0 Å². The van der Waals surface area contributed by atoms with Gasteiger partial charge >= 0.3 is 0 Å². The zero-order chi connectivity index (χ0) is 28.1. The maximum absolute atomic E-state index is 13.5. The van der Waals surface area contributed by atoms with E-state index in [2.05, 4.69) is 68.3 Å². The number of aromatic amines is 1. The van der Waals surface area contributed by atoms with E-state index in [1.54, 1.807) is 6.20 Å². The molecule has 1 aliphatic heterocycles. The summed E-state index contributed by atoms with van der Waals surface area (Å²) in [5, 5.41) is 7.38. The normalized spacial score (nSPS) is 14.2. The molecule has 9 nitrogen and oxygen atoms in total. The number of ketones is 1. The Balaban J connectivity index is 1.41. The highest BCUT2D eigenvalue weighted by Gasteiger charge is 2.21. The van der Waals surface area contributed by atoms with Gasteiger partial charge in [-0.1, -0.05) is 13.8 Å². The highest BCUT2D eigenvalue weighted by Crippen LogP contribution is 2.29. The van der Waals surface area contributed by atoms with Gasteiger partial charge in [-0.05, 0) is 68.7 Å². The van der Waals surface area contributed by atoms with Gasteiger partial charge in [-0.25, -0.2) is 4.39 Å². The number of hydrogen-bond acceptors (Lipinski definition) is 8. The van der Waals surface area contributed by atoms with E-state index in [0.717, 1.165) is 51.5 Å². The minimum atomic E-state index is -0.384. The molecule has 4 aromatic rings. The van der Waals surface area contributed by atoms with Gasteiger partial charge in [0.05, 0.1) is 10.9 Å². The molecule has 3 heterocycles. The first kappa shape index (κ1) is 27.5. The highest BCUT2D eigenvalue weighted by atomic mass is 19.1. The molecule has 2 aromatic heterocycles. The summed E-state index contributed by atoms with van der Waals surface area (Å²) in [5.41, 5.74) is 3.46. The van der Waals surface area contributed by atoms with Crippen LogP contribution in [0.25, 0.3) is 11.0 Å². The summed E-state index contributed by atoms with van der Waals surface area (Å²) in [6.45, 7) is 11.8. The van der Waals surface area contributed by atoms with E-state index in [1.807, 2.05) is 12.1 Å². The van der Waals surface area contributed by atoms with Crippen LogP contribution >= 0.6 is 0 Å². The molecule has 0 atom stereocenters. The first-order valence-electron chi connectivity index (χ1n) is 13.9. The Morgan fingerprint density at radius 1 is 1.00 bits per heavy atom. The number of nitrogens with one attached hydrogen (secondary N) is 3. The first-order valence-corrected chi connectivity index (χ1v) is 13.9. The Morgan fingerprint density at radius 2 is 1.70 bits per heavy atom. The summed E-state index contributed by atoms with van der Waals surface area (Å²) >= 11 is 0. The molecule has 1 fully saturated rings. The molecule has 1 saturated heterocycles. The van der Waals surface area contributed by atoms with E-state index in [0.29, 0.717) is 40.5 Å². The standard InChI is InChI=1S/C30H37FN8O/c1-4-38(5-2)15-14-32-28-26-25(27(40)21-6-8-22(31)9-7-21)20-33-29(26)36-30(35-28)34-23-10-12-24(13-11-23)39-18-16-37(3)17-19-39/h6-13,20H,4-5,14-19H2,1-3H3,(H3,32,33,34,35,36). The monoisotopic (exact) mass is 544 g/mol. The Morgan fingerprint density at radius 3 is 2.38 bits per heavy atom. The number of anilines is 4. The summed E-state index contributed by atoms with van der Waals surface area (Å²) in [6.07, 6.45) is 1.65. The molecule has 0 spiro atoms. The van der Waals surface area contributed by atoms with Gasteiger partial charge in [0.1, 0.15) is 17.3 Å². The summed E-state index contributed by atoms with van der Waals surface area (Å²) in [7, 11) is 2.15. The molecule has 1 aliphatic rings. The molecular formula is C30H37FN8O. The molecule has 0 amide bonds. The van der Waals surface area contributed by atoms with Crippen molar-refractivity contribution in [1.82, 2.24) is 24.8 Å². The Bertz CT molecular complexity index is 1420. The average Bonchev–Trinajstić information content (AvgIpc) is 3.40. The summed E-state index contributed by atoms with van der Waals surface area (Å²) in [5.74, 6) is 0.389. The lowest BCUT2D eigenvalue weighted by Gasteiger charge is -2.34. The topological polar surface area (TPSA) is 92.4 Å². The zero-order valence-corrected chi connectivity index (χ0v) is 23.4. The number of carbonyl (C=O) groups excluding carboxylic acids is 1. The number of fused-ring (bicyclic) bond motifs is 1. The number of H-pyrrole nitrogens is 1. The number of piperazine rings is 1. The number of halogens is 1. The van der Waals surface area contributed by atoms with Crippen LogP contribution in [-0.4, -0.2) is 89.9 Å². The number of rotatable bonds is 11. The van der Waals surface area contributed by atoms with E-state index in [4.69, 9.17) is 4.98 Å². The fraction of sp³-hybridized carbons (Fsp3) is 0.367. The molecule has 0 unspecified atom stereocenters. The van der Waals surface area contributed by atoms with Gasteiger partial charge in [-0.3, -0.25) is 4.79 Å². The van der Waals surface area contributed by atoms with Crippen LogP contribution < -0.4 is 15.5 Å². The van der Waals surface area contributed by atoms with E-state index < -0.39 is 0 Å². The number of hydrogen-bond donors (Lipinski definition) is 3. The largest absolute Gasteiger partial charge is 0.369 e. The molecule has 5 rings (SSSR count). The van der Waals surface area contributed by atoms with Gasteiger partial charge in [-0.2, -0.15) is 9.97 Å². The smallest absolute Gasteiger partial charge is 0.231 e. The van der Waals surface area contributed by atoms with Gasteiger partial charge in [-0.15, -0.1) is 0 Å². The third kappa shape index (κ3) is 6.24. The van der Waals surface area contributed by atoms with Gasteiger partial charge in [0.15, 0.2) is 5.78 Å². The van der Waals surface area contributed by atoms with Crippen LogP contribution in [-0.2, 0) is 0 Å². The summed E-state index contributed by atoms with van der Waals surface area (Å²) < 4.78 is 13.5. The second kappa shape index (κ2) is 12.4. The maximum Gasteiger partial charge on any atom is 0.231 e. The van der Waals surface area contributed by atoms with E-state index in [-0.39, 0.29) is 11.6 Å². The van der Waals surface area contributed by atoms with Crippen molar-refractivity contribution in [2.75, 3.05) is 74.9 Å². The number of likely N-dealkylation sites (N-methyl/N-ethyl adjacent to an activating group) is 2. The minimum absolute atomic E-state index is 0.221. The van der Waals surface area contributed by atoms with Crippen molar-refractivity contribution in [2.45, 2.75) is 13.8 Å². The number of nitrogens with zero attached hydrogens (tertiary/aromatic N) is 5. The molecule has 3 N–H and O–H groups in total. The maximum atomic E-state index is 13.5. The van der Waals surface area contributed by atoms with Crippen molar-refractivity contribution < 1.29 is 9.18 Å². The van der Waals surface area contributed by atoms with Gasteiger partial charge < -0.3 is 30.3 Å². The fourth-order valence-electron chi connectivity index (χ4n) is 4.97. The third-order valence-corrected chi connectivity index (χ3v) is 7.49. The molecule has 0 saturated carbocycles. The molecule has 0 radical (unpaired) electrons. The second-order valence-corrected chi connectivity index (χ2v) is 10.1. The average molecular weight is 545 g/mol. The van der Waals surface area contributed by atoms with Crippen molar-refractivity contribution in [3.8, 4) is 0 Å². The Labute approximate surface area is 234 Å². The second-order valence-electron chi connectivity index (χ2n) is 10.1. The molecule has 10 heteroatoms. The van der Waals surface area contributed by atoms with Gasteiger partial charge in [0, 0.05) is 62.4 Å². The molecule has 2 aromatic carbocycles.